The first-order chi connectivity index (χ1) is 5.27. The minimum absolute atomic E-state index is 0.440. The van der Waals surface area contributed by atoms with Crippen molar-refractivity contribution in [2.24, 2.45) is 0 Å². The molecule has 65 valence electrons. The fraction of sp³-hybridized carbons (Fsp3) is 0.625. The Morgan fingerprint density at radius 3 is 2.64 bits per heavy atom. The molecule has 0 aliphatic rings. The van der Waals surface area contributed by atoms with E-state index in [9.17, 15) is 8.78 Å². The molecule has 3 heteroatoms. The van der Waals surface area contributed by atoms with Crippen LogP contribution in [0.2, 0.25) is 0 Å². The van der Waals surface area contributed by atoms with E-state index in [1.165, 1.54) is 0 Å². The van der Waals surface area contributed by atoms with E-state index >= 15 is 0 Å². The Kier molecular flexibility index (Phi) is 7.36. The van der Waals surface area contributed by atoms with Crippen LogP contribution in [0.4, 0.5) is 8.78 Å². The molecule has 0 amide bonds. The summed E-state index contributed by atoms with van der Waals surface area (Å²) in [6.07, 6.45) is 1.37. The molecule has 0 aliphatic carbocycles. The van der Waals surface area contributed by atoms with Crippen molar-refractivity contribution in [1.29, 1.82) is 0 Å². The first-order valence-electron chi connectivity index (χ1n) is 3.68. The van der Waals surface area contributed by atoms with Gasteiger partial charge in [-0.05, 0) is 32.3 Å². The summed E-state index contributed by atoms with van der Waals surface area (Å²) in [5, 5.41) is 0. The van der Waals surface area contributed by atoms with Crippen molar-refractivity contribution in [2.75, 3.05) is 6.61 Å². The van der Waals surface area contributed by atoms with Gasteiger partial charge in [0.2, 0.25) is 0 Å². The van der Waals surface area contributed by atoms with Crippen LogP contribution in [0.15, 0.2) is 12.2 Å². The second kappa shape index (κ2) is 7.66. The van der Waals surface area contributed by atoms with Crippen LogP contribution >= 0.6 is 0 Å². The molecule has 0 aromatic heterocycles. The quantitative estimate of drug-likeness (QED) is 0.546. The maximum absolute atomic E-state index is 11.4. The van der Waals surface area contributed by atoms with Crippen LogP contribution in [0.3, 0.4) is 0 Å². The van der Waals surface area contributed by atoms with Gasteiger partial charge in [0.15, 0.2) is 0 Å². The number of allylic oxidation sites excluding steroid dienone is 1. The van der Waals surface area contributed by atoms with E-state index in [4.69, 9.17) is 4.74 Å². The molecule has 1 nitrogen and oxygen atoms in total. The average Bonchev–Trinajstić information content (AvgIpc) is 1.96. The summed E-state index contributed by atoms with van der Waals surface area (Å²) < 4.78 is 27.8. The van der Waals surface area contributed by atoms with E-state index in [-0.39, 0.29) is 0 Å². The molecular weight excluding hydrogens is 150 g/mol. The van der Waals surface area contributed by atoms with Crippen molar-refractivity contribution in [3.05, 3.63) is 18.8 Å². The standard InChI is InChI=1S/C8H13F2O/c1-2-11-7-5-3-4-6-8(9)10/h2,6H,3-5,7H2,1H3. The second-order valence-electron chi connectivity index (χ2n) is 2.10. The Labute approximate surface area is 66.0 Å². The normalized spacial score (nSPS) is 9.73. The minimum atomic E-state index is -1.59. The number of halogens is 2. The summed E-state index contributed by atoms with van der Waals surface area (Å²) in [6.45, 7) is 4.02. The van der Waals surface area contributed by atoms with E-state index in [0.717, 1.165) is 18.9 Å². The van der Waals surface area contributed by atoms with Crippen molar-refractivity contribution >= 4 is 0 Å². The van der Waals surface area contributed by atoms with Crippen LogP contribution < -0.4 is 0 Å². The molecule has 0 atom stereocenters. The molecule has 0 saturated heterocycles. The number of hydrogen-bond donors (Lipinski definition) is 0. The SMILES string of the molecule is C[CH]OCCCCC=C(F)F. The van der Waals surface area contributed by atoms with Crippen LogP contribution in [0, 0.1) is 6.61 Å². The first-order valence-corrected chi connectivity index (χ1v) is 3.68. The van der Waals surface area contributed by atoms with Gasteiger partial charge >= 0.3 is 0 Å². The van der Waals surface area contributed by atoms with Crippen molar-refractivity contribution in [2.45, 2.75) is 26.2 Å². The van der Waals surface area contributed by atoms with Gasteiger partial charge in [-0.1, -0.05) is 0 Å². The largest absolute Gasteiger partial charge is 0.376 e. The number of rotatable bonds is 6. The Bertz CT molecular complexity index is 109. The molecule has 0 aromatic rings. The van der Waals surface area contributed by atoms with Crippen LogP contribution in [0.25, 0.3) is 0 Å². The van der Waals surface area contributed by atoms with E-state index in [0.29, 0.717) is 13.0 Å². The topological polar surface area (TPSA) is 9.23 Å². The Hall–Kier alpha value is -0.440. The second-order valence-corrected chi connectivity index (χ2v) is 2.10. The first kappa shape index (κ1) is 10.6. The molecule has 0 saturated carbocycles. The van der Waals surface area contributed by atoms with Crippen molar-refractivity contribution < 1.29 is 13.5 Å². The number of ether oxygens (including phenoxy) is 1. The van der Waals surface area contributed by atoms with Gasteiger partial charge in [-0.3, -0.25) is 0 Å². The smallest absolute Gasteiger partial charge is 0.266 e. The molecule has 0 spiro atoms. The number of hydrogen-bond acceptors (Lipinski definition) is 1. The maximum atomic E-state index is 11.4. The van der Waals surface area contributed by atoms with E-state index in [1.54, 1.807) is 13.5 Å². The fourth-order valence-electron chi connectivity index (χ4n) is 0.659. The molecule has 0 aliphatic heterocycles. The van der Waals surface area contributed by atoms with Gasteiger partial charge in [0.25, 0.3) is 6.08 Å². The summed E-state index contributed by atoms with van der Waals surface area (Å²) in [4.78, 5) is 0. The van der Waals surface area contributed by atoms with E-state index < -0.39 is 6.08 Å². The number of unbranched alkanes of at least 4 members (excludes halogenated alkanes) is 2. The van der Waals surface area contributed by atoms with Crippen LogP contribution in [-0.2, 0) is 4.74 Å². The molecule has 1 radical (unpaired) electrons. The van der Waals surface area contributed by atoms with Gasteiger partial charge in [-0.15, -0.1) is 0 Å². The molecule has 0 fully saturated rings. The molecule has 0 bridgehead atoms. The molecule has 11 heavy (non-hydrogen) atoms. The highest BCUT2D eigenvalue weighted by atomic mass is 19.3. The highest BCUT2D eigenvalue weighted by molar-refractivity contribution is 4.79. The van der Waals surface area contributed by atoms with Crippen molar-refractivity contribution in [3.63, 3.8) is 0 Å². The molecule has 0 N–H and O–H groups in total. The van der Waals surface area contributed by atoms with Gasteiger partial charge in [-0.2, -0.15) is 8.78 Å². The third kappa shape index (κ3) is 9.56. The van der Waals surface area contributed by atoms with E-state index in [1.807, 2.05) is 0 Å². The Balaban J connectivity index is 2.97. The Morgan fingerprint density at radius 1 is 1.36 bits per heavy atom. The summed E-state index contributed by atoms with van der Waals surface area (Å²) in [7, 11) is 0. The van der Waals surface area contributed by atoms with Gasteiger partial charge < -0.3 is 4.74 Å². The molecule has 0 rings (SSSR count). The summed E-state index contributed by atoms with van der Waals surface area (Å²) in [5.74, 6) is 0. The van der Waals surface area contributed by atoms with Gasteiger partial charge in [-0.25, -0.2) is 0 Å². The minimum Gasteiger partial charge on any atom is -0.376 e. The van der Waals surface area contributed by atoms with Crippen LogP contribution in [-0.4, -0.2) is 6.61 Å². The highest BCUT2D eigenvalue weighted by Gasteiger charge is 1.89. The van der Waals surface area contributed by atoms with Gasteiger partial charge in [0.1, 0.15) is 0 Å². The Morgan fingerprint density at radius 2 is 2.09 bits per heavy atom. The zero-order valence-corrected chi connectivity index (χ0v) is 6.65. The van der Waals surface area contributed by atoms with Crippen molar-refractivity contribution in [3.8, 4) is 0 Å². The third-order valence-electron chi connectivity index (χ3n) is 1.18. The zero-order chi connectivity index (χ0) is 8.53. The third-order valence-corrected chi connectivity index (χ3v) is 1.18. The lowest BCUT2D eigenvalue weighted by Crippen LogP contribution is -1.88. The molecule has 0 unspecified atom stereocenters. The molecule has 0 aromatic carbocycles. The lowest BCUT2D eigenvalue weighted by atomic mass is 10.2. The van der Waals surface area contributed by atoms with Crippen LogP contribution in [0.5, 0.6) is 0 Å². The lowest BCUT2D eigenvalue weighted by molar-refractivity contribution is 0.198. The maximum Gasteiger partial charge on any atom is 0.266 e. The predicted molar refractivity (Wildman–Crippen MR) is 40.1 cm³/mol. The van der Waals surface area contributed by atoms with Crippen LogP contribution in [0.1, 0.15) is 26.2 Å². The summed E-state index contributed by atoms with van der Waals surface area (Å²) in [6, 6.07) is 0. The monoisotopic (exact) mass is 163 g/mol. The van der Waals surface area contributed by atoms with Gasteiger partial charge in [0.05, 0.1) is 6.61 Å². The van der Waals surface area contributed by atoms with Crippen molar-refractivity contribution in [1.82, 2.24) is 0 Å². The summed E-state index contributed by atoms with van der Waals surface area (Å²) >= 11 is 0. The average molecular weight is 163 g/mol. The molecular formula is C8H13F2O. The summed E-state index contributed by atoms with van der Waals surface area (Å²) in [5.41, 5.74) is 0. The lowest BCUT2D eigenvalue weighted by Gasteiger charge is -1.97. The van der Waals surface area contributed by atoms with E-state index in [2.05, 4.69) is 0 Å². The zero-order valence-electron chi connectivity index (χ0n) is 6.65. The predicted octanol–water partition coefficient (Wildman–Crippen LogP) is 3.14. The molecule has 0 heterocycles. The van der Waals surface area contributed by atoms with Gasteiger partial charge in [0, 0.05) is 6.61 Å². The highest BCUT2D eigenvalue weighted by Crippen LogP contribution is 2.03. The fourth-order valence-corrected chi connectivity index (χ4v) is 0.659.